The van der Waals surface area contributed by atoms with Gasteiger partial charge >= 0.3 is 0 Å². The molecule has 2 aliphatic carbocycles. The van der Waals surface area contributed by atoms with Crippen LogP contribution in [0.2, 0.25) is 5.02 Å². The smallest absolute Gasteiger partial charge is 0.230 e. The lowest BCUT2D eigenvalue weighted by Gasteiger charge is -2.31. The highest BCUT2D eigenvalue weighted by Gasteiger charge is 2.51. The summed E-state index contributed by atoms with van der Waals surface area (Å²) in [6, 6.07) is 11.9. The first-order valence-corrected chi connectivity index (χ1v) is 9.47. The van der Waals surface area contributed by atoms with Crippen LogP contribution < -0.4 is 5.32 Å². The van der Waals surface area contributed by atoms with Gasteiger partial charge in [-0.3, -0.25) is 9.78 Å². The molecule has 1 N–H and O–H groups in total. The third-order valence-corrected chi connectivity index (χ3v) is 6.24. The van der Waals surface area contributed by atoms with Gasteiger partial charge in [0, 0.05) is 29.4 Å². The van der Waals surface area contributed by atoms with Gasteiger partial charge in [0.05, 0.1) is 5.41 Å². The summed E-state index contributed by atoms with van der Waals surface area (Å²) in [6.07, 6.45) is 10.2. The minimum absolute atomic E-state index is 0.0585. The van der Waals surface area contributed by atoms with Crippen molar-refractivity contribution in [3.63, 3.8) is 0 Å². The van der Waals surface area contributed by atoms with Crippen LogP contribution >= 0.6 is 11.6 Å². The molecule has 0 unspecified atom stereocenters. The highest BCUT2D eigenvalue weighted by molar-refractivity contribution is 6.30. The number of halogens is 1. The van der Waals surface area contributed by atoms with E-state index in [-0.39, 0.29) is 16.7 Å². The van der Waals surface area contributed by atoms with Gasteiger partial charge in [-0.15, -0.1) is 0 Å². The van der Waals surface area contributed by atoms with Gasteiger partial charge in [-0.2, -0.15) is 0 Å². The number of carbonyl (C=O) groups excluding carboxylic acids is 1. The van der Waals surface area contributed by atoms with Crippen LogP contribution in [0.3, 0.4) is 0 Å². The fourth-order valence-corrected chi connectivity index (χ4v) is 4.49. The largest absolute Gasteiger partial charge is 0.354 e. The molecule has 4 rings (SSSR count). The van der Waals surface area contributed by atoms with E-state index in [2.05, 4.69) is 22.4 Å². The highest BCUT2D eigenvalue weighted by Crippen LogP contribution is 2.49. The van der Waals surface area contributed by atoms with E-state index >= 15 is 0 Å². The van der Waals surface area contributed by atoms with Crippen LogP contribution in [0.15, 0.2) is 48.8 Å². The Balaban J connectivity index is 1.51. The third kappa shape index (κ3) is 3.06. The van der Waals surface area contributed by atoms with Crippen LogP contribution in [-0.4, -0.2) is 17.4 Å². The van der Waals surface area contributed by atoms with Crippen molar-refractivity contribution in [3.8, 4) is 0 Å². The van der Waals surface area contributed by atoms with Crippen molar-refractivity contribution < 1.29 is 4.79 Å². The number of aromatic nitrogens is 1. The molecule has 1 aromatic carbocycles. The molecule has 1 heterocycles. The predicted molar refractivity (Wildman–Crippen MR) is 99.8 cm³/mol. The van der Waals surface area contributed by atoms with E-state index in [1.807, 2.05) is 36.7 Å². The molecule has 1 aromatic heterocycles. The molecule has 4 heteroatoms. The second-order valence-electron chi connectivity index (χ2n) is 7.50. The van der Waals surface area contributed by atoms with Gasteiger partial charge in [-0.1, -0.05) is 36.6 Å². The Hall–Kier alpha value is -1.87. The van der Waals surface area contributed by atoms with Gasteiger partial charge < -0.3 is 5.32 Å². The molecule has 0 aliphatic heterocycles. The predicted octanol–water partition coefficient (Wildman–Crippen LogP) is 4.39. The first-order chi connectivity index (χ1) is 12.1. The van der Waals surface area contributed by atoms with Crippen molar-refractivity contribution in [1.82, 2.24) is 10.3 Å². The number of rotatable bonds is 5. The topological polar surface area (TPSA) is 42.0 Å². The summed E-state index contributed by atoms with van der Waals surface area (Å²) in [5.74, 6) is 0.148. The molecule has 1 amide bonds. The number of benzene rings is 1. The zero-order valence-electron chi connectivity index (χ0n) is 14.3. The molecule has 2 aliphatic rings. The number of hydrogen-bond donors (Lipinski definition) is 1. The van der Waals surface area contributed by atoms with Crippen molar-refractivity contribution in [2.45, 2.75) is 49.4 Å². The SMILES string of the molecule is O=C(NCC1(c2ccncc2)CCCC1)C1(c2cccc(Cl)c2)CC1. The number of pyridine rings is 1. The standard InChI is InChI=1S/C21H23ClN2O/c22-18-5-3-4-17(14-18)21(10-11-21)19(25)24-15-20(8-1-2-9-20)16-6-12-23-13-7-16/h3-7,12-14H,1-2,8-11,15H2,(H,24,25). The van der Waals surface area contributed by atoms with Gasteiger partial charge in [-0.05, 0) is 61.1 Å². The maximum absolute atomic E-state index is 13.0. The lowest BCUT2D eigenvalue weighted by molar-refractivity contribution is -0.123. The van der Waals surface area contributed by atoms with Crippen LogP contribution in [0.1, 0.15) is 49.7 Å². The van der Waals surface area contributed by atoms with Gasteiger partial charge in [0.15, 0.2) is 0 Å². The van der Waals surface area contributed by atoms with E-state index in [1.54, 1.807) is 0 Å². The average molecular weight is 355 g/mol. The normalized spacial score (nSPS) is 20.2. The second kappa shape index (κ2) is 6.45. The Labute approximate surface area is 153 Å². The van der Waals surface area contributed by atoms with Crippen LogP contribution in [0.4, 0.5) is 0 Å². The summed E-state index contributed by atoms with van der Waals surface area (Å²) in [6.45, 7) is 0.707. The summed E-state index contributed by atoms with van der Waals surface area (Å²) >= 11 is 6.13. The monoisotopic (exact) mass is 354 g/mol. The Bertz CT molecular complexity index is 764. The molecule has 25 heavy (non-hydrogen) atoms. The first kappa shape index (κ1) is 16.6. The highest BCUT2D eigenvalue weighted by atomic mass is 35.5. The molecule has 2 aromatic rings. The minimum atomic E-state index is -0.372. The molecule has 0 saturated heterocycles. The Morgan fingerprint density at radius 1 is 1.04 bits per heavy atom. The molecule has 3 nitrogen and oxygen atoms in total. The number of nitrogens with zero attached hydrogens (tertiary/aromatic N) is 1. The molecular weight excluding hydrogens is 332 g/mol. The molecule has 2 fully saturated rings. The third-order valence-electron chi connectivity index (χ3n) is 6.00. The van der Waals surface area contributed by atoms with Crippen molar-refractivity contribution in [2.75, 3.05) is 6.54 Å². The lowest BCUT2D eigenvalue weighted by Crippen LogP contribution is -2.43. The van der Waals surface area contributed by atoms with E-state index in [0.29, 0.717) is 11.6 Å². The quantitative estimate of drug-likeness (QED) is 0.864. The number of amides is 1. The van der Waals surface area contributed by atoms with E-state index in [0.717, 1.165) is 31.2 Å². The fourth-order valence-electron chi connectivity index (χ4n) is 4.30. The summed E-state index contributed by atoms with van der Waals surface area (Å²) in [4.78, 5) is 17.1. The molecule has 0 atom stereocenters. The molecule has 0 radical (unpaired) electrons. The molecular formula is C21H23ClN2O. The van der Waals surface area contributed by atoms with Crippen LogP contribution in [0.25, 0.3) is 0 Å². The zero-order valence-corrected chi connectivity index (χ0v) is 15.1. The second-order valence-corrected chi connectivity index (χ2v) is 7.93. The van der Waals surface area contributed by atoms with Gasteiger partial charge in [0.1, 0.15) is 0 Å². The maximum Gasteiger partial charge on any atom is 0.230 e. The first-order valence-electron chi connectivity index (χ1n) is 9.10. The van der Waals surface area contributed by atoms with Crippen molar-refractivity contribution >= 4 is 17.5 Å². The Morgan fingerprint density at radius 2 is 1.76 bits per heavy atom. The van der Waals surface area contributed by atoms with Gasteiger partial charge in [0.2, 0.25) is 5.91 Å². The lowest BCUT2D eigenvalue weighted by atomic mass is 9.79. The number of nitrogens with one attached hydrogen (secondary N) is 1. The Morgan fingerprint density at radius 3 is 2.40 bits per heavy atom. The van der Waals surface area contributed by atoms with E-state index < -0.39 is 0 Å². The van der Waals surface area contributed by atoms with E-state index in [4.69, 9.17) is 11.6 Å². The number of hydrogen-bond acceptors (Lipinski definition) is 2. The summed E-state index contributed by atoms with van der Waals surface area (Å²) in [5, 5.41) is 3.98. The zero-order chi connectivity index (χ0) is 17.3. The molecule has 0 spiro atoms. The van der Waals surface area contributed by atoms with E-state index in [1.165, 1.54) is 18.4 Å². The minimum Gasteiger partial charge on any atom is -0.354 e. The molecule has 130 valence electrons. The average Bonchev–Trinajstić information content (AvgIpc) is 3.32. The summed E-state index contributed by atoms with van der Waals surface area (Å²) in [5.41, 5.74) is 2.03. The molecule has 0 bridgehead atoms. The van der Waals surface area contributed by atoms with Gasteiger partial charge in [0.25, 0.3) is 0 Å². The van der Waals surface area contributed by atoms with Crippen LogP contribution in [0, 0.1) is 0 Å². The molecule has 2 saturated carbocycles. The Kier molecular flexibility index (Phi) is 4.28. The van der Waals surface area contributed by atoms with Crippen molar-refractivity contribution in [3.05, 3.63) is 64.9 Å². The summed E-state index contributed by atoms with van der Waals surface area (Å²) < 4.78 is 0. The number of carbonyl (C=O) groups is 1. The van der Waals surface area contributed by atoms with Crippen molar-refractivity contribution in [2.24, 2.45) is 0 Å². The maximum atomic E-state index is 13.0. The van der Waals surface area contributed by atoms with Crippen LogP contribution in [0.5, 0.6) is 0 Å². The summed E-state index contributed by atoms with van der Waals surface area (Å²) in [7, 11) is 0. The van der Waals surface area contributed by atoms with Gasteiger partial charge in [-0.25, -0.2) is 0 Å². The van der Waals surface area contributed by atoms with Crippen molar-refractivity contribution in [1.29, 1.82) is 0 Å². The van der Waals surface area contributed by atoms with Crippen LogP contribution in [-0.2, 0) is 15.6 Å². The van der Waals surface area contributed by atoms with E-state index in [9.17, 15) is 4.79 Å². The fraction of sp³-hybridized carbons (Fsp3) is 0.429.